The summed E-state index contributed by atoms with van der Waals surface area (Å²) in [5.74, 6) is 1.40. The van der Waals surface area contributed by atoms with Crippen LogP contribution >= 0.6 is 23.2 Å². The second kappa shape index (κ2) is 13.4. The van der Waals surface area contributed by atoms with Gasteiger partial charge in [0.1, 0.15) is 12.3 Å². The zero-order chi connectivity index (χ0) is 27.9. The number of furan rings is 1. The first kappa shape index (κ1) is 28.3. The van der Waals surface area contributed by atoms with Gasteiger partial charge < -0.3 is 28.4 Å². The number of nitrogens with zero attached hydrogens (tertiary/aromatic N) is 3. The molecule has 5 rings (SSSR count). The van der Waals surface area contributed by atoms with Crippen molar-refractivity contribution in [3.8, 4) is 11.5 Å². The molecule has 2 aromatic carbocycles. The number of benzene rings is 2. The first-order chi connectivity index (χ1) is 19.5. The van der Waals surface area contributed by atoms with Gasteiger partial charge in [-0.15, -0.1) is 0 Å². The molecule has 0 atom stereocenters. The predicted molar refractivity (Wildman–Crippen MR) is 150 cm³/mol. The lowest BCUT2D eigenvalue weighted by molar-refractivity contribution is -0.133. The zero-order valence-corrected chi connectivity index (χ0v) is 23.5. The van der Waals surface area contributed by atoms with E-state index in [2.05, 4.69) is 4.90 Å². The molecule has 1 aromatic heterocycles. The normalized spacial score (nSPS) is 14.8. The number of rotatable bonds is 11. The molecule has 40 heavy (non-hydrogen) atoms. The van der Waals surface area contributed by atoms with Gasteiger partial charge in [0, 0.05) is 37.7 Å². The lowest BCUT2D eigenvalue weighted by atomic mass is 10.1. The van der Waals surface area contributed by atoms with Crippen LogP contribution in [0.5, 0.6) is 11.5 Å². The molecule has 0 bridgehead atoms. The van der Waals surface area contributed by atoms with Gasteiger partial charge in [-0.2, -0.15) is 0 Å². The summed E-state index contributed by atoms with van der Waals surface area (Å²) in [6.45, 7) is 4.87. The highest BCUT2D eigenvalue weighted by Gasteiger charge is 2.26. The van der Waals surface area contributed by atoms with E-state index in [1.807, 2.05) is 24.3 Å². The Morgan fingerprint density at radius 1 is 0.925 bits per heavy atom. The Bertz CT molecular complexity index is 1310. The van der Waals surface area contributed by atoms with Gasteiger partial charge in [0.15, 0.2) is 11.5 Å². The number of morpholine rings is 1. The van der Waals surface area contributed by atoms with Gasteiger partial charge in [-0.25, -0.2) is 0 Å². The Morgan fingerprint density at radius 3 is 2.52 bits per heavy atom. The quantitative estimate of drug-likeness (QED) is 0.321. The van der Waals surface area contributed by atoms with Crippen molar-refractivity contribution in [1.82, 2.24) is 14.7 Å². The first-order valence-corrected chi connectivity index (χ1v) is 13.9. The third kappa shape index (κ3) is 7.28. The second-order valence-electron chi connectivity index (χ2n) is 9.68. The Labute approximate surface area is 243 Å². The van der Waals surface area contributed by atoms with Gasteiger partial charge in [-0.3, -0.25) is 14.5 Å². The molecule has 212 valence electrons. The summed E-state index contributed by atoms with van der Waals surface area (Å²) in [5, 5.41) is 0.681. The standard InChI is InChI=1S/C29H31Cl2N3O6/c30-22-5-6-24(25(31)16-22)29(36)33(9-2-8-32-10-13-37-14-11-32)19-28(35)34(18-23-3-1-12-38-23)17-21-4-7-26-27(15-21)40-20-39-26/h1,3-7,12,15-16H,2,8-11,13-14,17-20H2. The van der Waals surface area contributed by atoms with Crippen molar-refractivity contribution in [2.24, 2.45) is 0 Å². The number of ether oxygens (including phenoxy) is 3. The Morgan fingerprint density at radius 2 is 1.75 bits per heavy atom. The summed E-state index contributed by atoms with van der Waals surface area (Å²) in [5.41, 5.74) is 1.17. The molecule has 2 aliphatic heterocycles. The first-order valence-electron chi connectivity index (χ1n) is 13.2. The topological polar surface area (TPSA) is 84.7 Å². The van der Waals surface area contributed by atoms with E-state index in [9.17, 15) is 9.59 Å². The van der Waals surface area contributed by atoms with E-state index in [4.69, 9.17) is 41.8 Å². The fourth-order valence-corrected chi connectivity index (χ4v) is 5.23. The van der Waals surface area contributed by atoms with Crippen molar-refractivity contribution in [1.29, 1.82) is 0 Å². The third-order valence-corrected chi connectivity index (χ3v) is 7.42. The summed E-state index contributed by atoms with van der Waals surface area (Å²) in [6, 6.07) is 13.9. The van der Waals surface area contributed by atoms with Gasteiger partial charge in [-0.05, 0) is 54.4 Å². The van der Waals surface area contributed by atoms with Crippen LogP contribution in [-0.4, -0.2) is 79.2 Å². The van der Waals surface area contributed by atoms with Gasteiger partial charge in [0.05, 0.1) is 36.6 Å². The number of carbonyl (C=O) groups is 2. The maximum absolute atomic E-state index is 13.8. The number of amides is 2. The van der Waals surface area contributed by atoms with E-state index in [-0.39, 0.29) is 36.7 Å². The van der Waals surface area contributed by atoms with E-state index in [0.29, 0.717) is 60.6 Å². The highest BCUT2D eigenvalue weighted by atomic mass is 35.5. The smallest absolute Gasteiger partial charge is 0.255 e. The Balaban J connectivity index is 1.33. The molecule has 0 unspecified atom stereocenters. The van der Waals surface area contributed by atoms with Gasteiger partial charge in [0.25, 0.3) is 5.91 Å². The number of halogens is 2. The SMILES string of the molecule is O=C(CN(CCCN1CCOCC1)C(=O)c1ccc(Cl)cc1Cl)N(Cc1ccc2c(c1)OCO2)Cc1ccco1. The van der Waals surface area contributed by atoms with Crippen LogP contribution in [0.25, 0.3) is 0 Å². The van der Waals surface area contributed by atoms with Crippen LogP contribution in [0.1, 0.15) is 28.1 Å². The zero-order valence-electron chi connectivity index (χ0n) is 22.0. The molecule has 1 saturated heterocycles. The van der Waals surface area contributed by atoms with Gasteiger partial charge in [-0.1, -0.05) is 29.3 Å². The molecule has 2 aliphatic rings. The molecule has 0 N–H and O–H groups in total. The van der Waals surface area contributed by atoms with Crippen LogP contribution in [0.2, 0.25) is 10.0 Å². The van der Waals surface area contributed by atoms with E-state index in [0.717, 1.165) is 25.2 Å². The lowest BCUT2D eigenvalue weighted by Gasteiger charge is -2.30. The van der Waals surface area contributed by atoms with Crippen molar-refractivity contribution in [3.63, 3.8) is 0 Å². The van der Waals surface area contributed by atoms with Crippen molar-refractivity contribution in [2.75, 3.05) is 52.7 Å². The molecule has 9 nitrogen and oxygen atoms in total. The Hall–Kier alpha value is -3.24. The maximum atomic E-state index is 13.8. The fourth-order valence-electron chi connectivity index (χ4n) is 4.74. The third-order valence-electron chi connectivity index (χ3n) is 6.87. The van der Waals surface area contributed by atoms with E-state index >= 15 is 0 Å². The summed E-state index contributed by atoms with van der Waals surface area (Å²) in [4.78, 5) is 33.0. The molecular weight excluding hydrogens is 557 g/mol. The van der Waals surface area contributed by atoms with E-state index in [1.165, 1.54) is 6.07 Å². The highest BCUT2D eigenvalue weighted by Crippen LogP contribution is 2.33. The summed E-state index contributed by atoms with van der Waals surface area (Å²) >= 11 is 12.5. The molecule has 3 heterocycles. The van der Waals surface area contributed by atoms with Crippen LogP contribution in [-0.2, 0) is 22.6 Å². The van der Waals surface area contributed by atoms with E-state index < -0.39 is 0 Å². The second-order valence-corrected chi connectivity index (χ2v) is 10.5. The summed E-state index contributed by atoms with van der Waals surface area (Å²) in [7, 11) is 0. The van der Waals surface area contributed by atoms with Crippen molar-refractivity contribution in [2.45, 2.75) is 19.5 Å². The van der Waals surface area contributed by atoms with Gasteiger partial charge in [0.2, 0.25) is 12.7 Å². The van der Waals surface area contributed by atoms with Crippen molar-refractivity contribution < 1.29 is 28.2 Å². The molecule has 0 spiro atoms. The number of hydrogen-bond donors (Lipinski definition) is 0. The number of fused-ring (bicyclic) bond motifs is 1. The highest BCUT2D eigenvalue weighted by molar-refractivity contribution is 6.36. The van der Waals surface area contributed by atoms with Crippen LogP contribution in [0.15, 0.2) is 59.2 Å². The average molecular weight is 588 g/mol. The van der Waals surface area contributed by atoms with Gasteiger partial charge >= 0.3 is 0 Å². The van der Waals surface area contributed by atoms with Crippen LogP contribution in [0, 0.1) is 0 Å². The van der Waals surface area contributed by atoms with Crippen molar-refractivity contribution >= 4 is 35.0 Å². The largest absolute Gasteiger partial charge is 0.467 e. The molecule has 0 aliphatic carbocycles. The lowest BCUT2D eigenvalue weighted by Crippen LogP contribution is -2.44. The molecular formula is C29H31Cl2N3O6. The Kier molecular flexibility index (Phi) is 9.49. The number of hydrogen-bond acceptors (Lipinski definition) is 7. The summed E-state index contributed by atoms with van der Waals surface area (Å²) in [6.07, 6.45) is 2.27. The maximum Gasteiger partial charge on any atom is 0.255 e. The van der Waals surface area contributed by atoms with Crippen LogP contribution in [0.3, 0.4) is 0 Å². The average Bonchev–Trinajstić information content (AvgIpc) is 3.64. The van der Waals surface area contributed by atoms with Crippen molar-refractivity contribution in [3.05, 3.63) is 81.7 Å². The predicted octanol–water partition coefficient (Wildman–Crippen LogP) is 4.71. The summed E-state index contributed by atoms with van der Waals surface area (Å²) < 4.78 is 21.9. The van der Waals surface area contributed by atoms with Crippen LogP contribution in [0.4, 0.5) is 0 Å². The fraction of sp³-hybridized carbons (Fsp3) is 0.379. The molecule has 3 aromatic rings. The molecule has 2 amide bonds. The van der Waals surface area contributed by atoms with Crippen LogP contribution < -0.4 is 9.47 Å². The minimum atomic E-state index is -0.321. The molecule has 11 heteroatoms. The van der Waals surface area contributed by atoms with E-state index in [1.54, 1.807) is 34.3 Å². The molecule has 0 saturated carbocycles. The minimum absolute atomic E-state index is 0.119. The minimum Gasteiger partial charge on any atom is -0.467 e. The monoisotopic (exact) mass is 587 g/mol. The molecule has 0 radical (unpaired) electrons. The number of carbonyl (C=O) groups excluding carboxylic acids is 2. The molecule has 1 fully saturated rings.